The van der Waals surface area contributed by atoms with Crippen molar-refractivity contribution in [2.75, 3.05) is 0 Å². The standard InChI is InChI=1S/C9H5BN2O/c10-7-2-1-5(3-11)8-6(7)4-12-9(8)13/h1-2H,4H2,(H,12,13). The van der Waals surface area contributed by atoms with Crippen LogP contribution >= 0.6 is 0 Å². The fourth-order valence-electron chi connectivity index (χ4n) is 1.46. The minimum absolute atomic E-state index is 0.209. The van der Waals surface area contributed by atoms with Crippen LogP contribution in [-0.4, -0.2) is 13.8 Å². The molecule has 1 aliphatic rings. The highest BCUT2D eigenvalue weighted by Gasteiger charge is 2.23. The van der Waals surface area contributed by atoms with Crippen molar-refractivity contribution < 1.29 is 4.79 Å². The van der Waals surface area contributed by atoms with Crippen molar-refractivity contribution >= 4 is 19.2 Å². The lowest BCUT2D eigenvalue weighted by atomic mass is 9.87. The number of carbonyl (C=O) groups excluding carboxylic acids is 1. The van der Waals surface area contributed by atoms with Gasteiger partial charge in [-0.2, -0.15) is 5.26 Å². The van der Waals surface area contributed by atoms with E-state index in [0.717, 1.165) is 5.56 Å². The number of nitrogens with one attached hydrogen (secondary N) is 1. The number of benzene rings is 1. The Morgan fingerprint density at radius 2 is 2.31 bits per heavy atom. The number of nitrogens with zero attached hydrogens (tertiary/aromatic N) is 1. The van der Waals surface area contributed by atoms with E-state index < -0.39 is 0 Å². The number of nitriles is 1. The molecule has 1 heterocycles. The van der Waals surface area contributed by atoms with Crippen LogP contribution in [-0.2, 0) is 6.54 Å². The van der Waals surface area contributed by atoms with Gasteiger partial charge in [0.05, 0.1) is 17.2 Å². The number of hydrogen-bond donors (Lipinski definition) is 1. The van der Waals surface area contributed by atoms with Crippen molar-refractivity contribution in [3.05, 3.63) is 28.8 Å². The van der Waals surface area contributed by atoms with E-state index >= 15 is 0 Å². The minimum atomic E-state index is -0.209. The highest BCUT2D eigenvalue weighted by molar-refractivity contribution is 6.34. The molecule has 1 amide bonds. The summed E-state index contributed by atoms with van der Waals surface area (Å²) in [6, 6.07) is 5.19. The Labute approximate surface area is 76.8 Å². The molecular formula is C9H5BN2O. The summed E-state index contributed by atoms with van der Waals surface area (Å²) in [6.07, 6.45) is 0. The average Bonchev–Trinajstić information content (AvgIpc) is 2.51. The zero-order valence-corrected chi connectivity index (χ0v) is 6.79. The lowest BCUT2D eigenvalue weighted by molar-refractivity contribution is 0.0965. The van der Waals surface area contributed by atoms with Crippen LogP contribution in [0.15, 0.2) is 12.1 Å². The zero-order valence-electron chi connectivity index (χ0n) is 6.79. The van der Waals surface area contributed by atoms with Gasteiger partial charge in [-0.1, -0.05) is 11.5 Å². The summed E-state index contributed by atoms with van der Waals surface area (Å²) in [6.45, 7) is 0.426. The van der Waals surface area contributed by atoms with Crippen LogP contribution in [0.25, 0.3) is 0 Å². The normalized spacial score (nSPS) is 13.3. The molecule has 4 heteroatoms. The number of carbonyl (C=O) groups is 1. The fourth-order valence-corrected chi connectivity index (χ4v) is 1.46. The van der Waals surface area contributed by atoms with Crippen LogP contribution in [0.5, 0.6) is 0 Å². The molecule has 0 fully saturated rings. The van der Waals surface area contributed by atoms with E-state index in [9.17, 15) is 4.79 Å². The molecule has 13 heavy (non-hydrogen) atoms. The molecule has 0 saturated carbocycles. The van der Waals surface area contributed by atoms with E-state index in [1.54, 1.807) is 12.1 Å². The first-order valence-corrected chi connectivity index (χ1v) is 3.83. The van der Waals surface area contributed by atoms with Gasteiger partial charge in [0.15, 0.2) is 0 Å². The van der Waals surface area contributed by atoms with Crippen molar-refractivity contribution in [1.82, 2.24) is 5.32 Å². The number of hydrogen-bond acceptors (Lipinski definition) is 2. The summed E-state index contributed by atoms with van der Waals surface area (Å²) in [5.41, 5.74) is 2.12. The predicted octanol–water partition coefficient (Wildman–Crippen LogP) is -0.405. The average molecular weight is 168 g/mol. The molecule has 60 valence electrons. The lowest BCUT2D eigenvalue weighted by Crippen LogP contribution is -2.13. The molecule has 2 radical (unpaired) electrons. The van der Waals surface area contributed by atoms with Gasteiger partial charge in [-0.15, -0.1) is 0 Å². The Morgan fingerprint density at radius 1 is 1.54 bits per heavy atom. The quantitative estimate of drug-likeness (QED) is 0.535. The maximum atomic E-state index is 11.3. The molecule has 0 atom stereocenters. The second-order valence-corrected chi connectivity index (χ2v) is 2.85. The molecule has 1 aromatic carbocycles. The maximum Gasteiger partial charge on any atom is 0.253 e. The molecule has 0 bridgehead atoms. The highest BCUT2D eigenvalue weighted by atomic mass is 16.1. The van der Waals surface area contributed by atoms with E-state index in [-0.39, 0.29) is 5.91 Å². The summed E-state index contributed by atoms with van der Waals surface area (Å²) in [7, 11) is 5.66. The molecule has 0 aromatic heterocycles. The van der Waals surface area contributed by atoms with Crippen molar-refractivity contribution in [3.8, 4) is 6.07 Å². The summed E-state index contributed by atoms with van der Waals surface area (Å²) in [4.78, 5) is 11.3. The zero-order chi connectivity index (χ0) is 9.42. The Morgan fingerprint density at radius 3 is 3.00 bits per heavy atom. The molecule has 1 aliphatic heterocycles. The number of fused-ring (bicyclic) bond motifs is 1. The molecule has 0 saturated heterocycles. The van der Waals surface area contributed by atoms with Crippen LogP contribution in [0.1, 0.15) is 21.5 Å². The first-order chi connectivity index (χ1) is 6.24. The van der Waals surface area contributed by atoms with E-state index in [1.165, 1.54) is 0 Å². The third-order valence-corrected chi connectivity index (χ3v) is 2.12. The second kappa shape index (κ2) is 2.63. The van der Waals surface area contributed by atoms with Crippen LogP contribution in [0.2, 0.25) is 0 Å². The van der Waals surface area contributed by atoms with Crippen molar-refractivity contribution in [3.63, 3.8) is 0 Å². The van der Waals surface area contributed by atoms with E-state index in [4.69, 9.17) is 13.1 Å². The smallest absolute Gasteiger partial charge is 0.253 e. The molecule has 3 nitrogen and oxygen atoms in total. The molecule has 0 spiro atoms. The largest absolute Gasteiger partial charge is 0.348 e. The summed E-state index contributed by atoms with van der Waals surface area (Å²) >= 11 is 0. The topological polar surface area (TPSA) is 52.9 Å². The first kappa shape index (κ1) is 7.87. The number of amides is 1. The van der Waals surface area contributed by atoms with E-state index in [0.29, 0.717) is 23.1 Å². The number of rotatable bonds is 0. The van der Waals surface area contributed by atoms with Gasteiger partial charge in [0, 0.05) is 6.54 Å². The van der Waals surface area contributed by atoms with E-state index in [1.807, 2.05) is 6.07 Å². The molecule has 2 rings (SSSR count). The first-order valence-electron chi connectivity index (χ1n) is 3.83. The van der Waals surface area contributed by atoms with Gasteiger partial charge in [0.25, 0.3) is 5.91 Å². The Kier molecular flexibility index (Phi) is 1.59. The van der Waals surface area contributed by atoms with Crippen molar-refractivity contribution in [2.45, 2.75) is 6.54 Å². The van der Waals surface area contributed by atoms with Gasteiger partial charge in [-0.05, 0) is 11.6 Å². The van der Waals surface area contributed by atoms with Crippen molar-refractivity contribution in [2.24, 2.45) is 0 Å². The summed E-state index contributed by atoms with van der Waals surface area (Å²) in [5.74, 6) is -0.209. The molecule has 0 aliphatic carbocycles. The molecule has 1 N–H and O–H groups in total. The SMILES string of the molecule is [B]c1ccc(C#N)c2c1CNC2=O. The van der Waals surface area contributed by atoms with Gasteiger partial charge in [-0.25, -0.2) is 0 Å². The van der Waals surface area contributed by atoms with E-state index in [2.05, 4.69) is 5.32 Å². The van der Waals surface area contributed by atoms with Gasteiger partial charge in [-0.3, -0.25) is 4.79 Å². The Bertz CT molecular complexity index is 434. The Hall–Kier alpha value is -1.76. The van der Waals surface area contributed by atoms with Gasteiger partial charge in [0.2, 0.25) is 0 Å². The third kappa shape index (κ3) is 1.01. The molecular weight excluding hydrogens is 163 g/mol. The van der Waals surface area contributed by atoms with Gasteiger partial charge >= 0.3 is 0 Å². The minimum Gasteiger partial charge on any atom is -0.348 e. The lowest BCUT2D eigenvalue weighted by Gasteiger charge is -2.01. The monoisotopic (exact) mass is 168 g/mol. The van der Waals surface area contributed by atoms with Crippen LogP contribution in [0.3, 0.4) is 0 Å². The fraction of sp³-hybridized carbons (Fsp3) is 0.111. The van der Waals surface area contributed by atoms with Crippen molar-refractivity contribution in [1.29, 1.82) is 5.26 Å². The van der Waals surface area contributed by atoms with Gasteiger partial charge < -0.3 is 5.32 Å². The van der Waals surface area contributed by atoms with Gasteiger partial charge in [0.1, 0.15) is 7.85 Å². The van der Waals surface area contributed by atoms with Crippen LogP contribution < -0.4 is 10.8 Å². The van der Waals surface area contributed by atoms with Crippen LogP contribution in [0, 0.1) is 11.3 Å². The third-order valence-electron chi connectivity index (χ3n) is 2.12. The summed E-state index contributed by atoms with van der Waals surface area (Å²) in [5, 5.41) is 11.4. The van der Waals surface area contributed by atoms with Crippen LogP contribution in [0.4, 0.5) is 0 Å². The highest BCUT2D eigenvalue weighted by Crippen LogP contribution is 2.16. The maximum absolute atomic E-state index is 11.3. The predicted molar refractivity (Wildman–Crippen MR) is 47.7 cm³/mol. The molecule has 1 aromatic rings. The summed E-state index contributed by atoms with van der Waals surface area (Å²) < 4.78 is 0. The second-order valence-electron chi connectivity index (χ2n) is 2.85. The molecule has 0 unspecified atom stereocenters. The Balaban J connectivity index is 2.75.